The number of rotatable bonds is 9. The minimum Gasteiger partial charge on any atom is -0.497 e. The lowest BCUT2D eigenvalue weighted by Crippen LogP contribution is -2.30. The van der Waals surface area contributed by atoms with Crippen LogP contribution in [0.4, 0.5) is 4.39 Å². The molecule has 0 fully saturated rings. The molecule has 0 saturated heterocycles. The quantitative estimate of drug-likeness (QED) is 0.427. The van der Waals surface area contributed by atoms with E-state index in [-0.39, 0.29) is 23.5 Å². The molecule has 0 aromatic heterocycles. The molecule has 34 heavy (non-hydrogen) atoms. The van der Waals surface area contributed by atoms with Gasteiger partial charge >= 0.3 is 0 Å². The molecule has 0 saturated carbocycles. The Hall–Kier alpha value is -3.41. The topological polar surface area (TPSA) is 79.6 Å². The Kier molecular flexibility index (Phi) is 7.60. The number of halogens is 1. The van der Waals surface area contributed by atoms with Crippen LogP contribution in [-0.4, -0.2) is 26.9 Å². The van der Waals surface area contributed by atoms with Crippen LogP contribution in [0.15, 0.2) is 71.6 Å². The number of methoxy groups -OCH3 is 2. The third-order valence-corrected chi connectivity index (χ3v) is 7.35. The van der Waals surface area contributed by atoms with Gasteiger partial charge in [-0.15, -0.1) is 0 Å². The highest BCUT2D eigenvalue weighted by atomic mass is 32.2. The first-order valence-electron chi connectivity index (χ1n) is 10.6. The molecule has 0 spiro atoms. The second kappa shape index (κ2) is 10.2. The zero-order valence-electron chi connectivity index (χ0n) is 19.6. The van der Waals surface area contributed by atoms with Gasteiger partial charge in [-0.3, -0.25) is 0 Å². The molecule has 3 rings (SSSR count). The van der Waals surface area contributed by atoms with E-state index in [1.165, 1.54) is 16.4 Å². The van der Waals surface area contributed by atoms with Crippen molar-refractivity contribution in [1.29, 1.82) is 5.26 Å². The van der Waals surface area contributed by atoms with Crippen LogP contribution >= 0.6 is 0 Å². The summed E-state index contributed by atoms with van der Waals surface area (Å²) in [6, 6.07) is 19.9. The number of nitrogens with zero attached hydrogens (tertiary/aromatic N) is 2. The third kappa shape index (κ3) is 5.56. The molecule has 6 nitrogen and oxygen atoms in total. The molecule has 0 atom stereocenters. The summed E-state index contributed by atoms with van der Waals surface area (Å²) in [7, 11) is -0.959. The maximum Gasteiger partial charge on any atom is 0.243 e. The maximum atomic E-state index is 14.9. The predicted molar refractivity (Wildman–Crippen MR) is 127 cm³/mol. The number of benzene rings is 3. The number of sulfonamides is 1. The Bertz CT molecular complexity index is 1230. The van der Waals surface area contributed by atoms with E-state index in [4.69, 9.17) is 9.47 Å². The van der Waals surface area contributed by atoms with Gasteiger partial charge < -0.3 is 9.47 Å². The van der Waals surface area contributed by atoms with E-state index in [0.29, 0.717) is 11.5 Å². The van der Waals surface area contributed by atoms with Gasteiger partial charge in [-0.25, -0.2) is 12.8 Å². The Balaban J connectivity index is 2.00. The molecule has 0 amide bonds. The van der Waals surface area contributed by atoms with E-state index in [1.54, 1.807) is 76.6 Å². The standard InChI is InChI=1S/C26H27FN2O4S/c1-26(2,18-28)24-14-13-23(15-25(24)27)34(30,31)29(16-19-5-9-21(32-3)10-6-19)17-20-7-11-22(33-4)12-8-20/h5-15H,16-17H2,1-4H3. The van der Waals surface area contributed by atoms with Crippen LogP contribution in [-0.2, 0) is 28.5 Å². The van der Waals surface area contributed by atoms with Crippen LogP contribution in [0.2, 0.25) is 0 Å². The van der Waals surface area contributed by atoms with Gasteiger partial charge in [0.1, 0.15) is 17.3 Å². The largest absolute Gasteiger partial charge is 0.497 e. The highest BCUT2D eigenvalue weighted by Crippen LogP contribution is 2.29. The van der Waals surface area contributed by atoms with E-state index in [2.05, 4.69) is 0 Å². The maximum absolute atomic E-state index is 14.9. The van der Waals surface area contributed by atoms with Crippen LogP contribution in [0.25, 0.3) is 0 Å². The van der Waals surface area contributed by atoms with Gasteiger partial charge in [-0.05, 0) is 61.4 Å². The SMILES string of the molecule is COc1ccc(CN(Cc2ccc(OC)cc2)S(=O)(=O)c2ccc(C(C)(C)C#N)c(F)c2)cc1. The molecular weight excluding hydrogens is 455 g/mol. The Morgan fingerprint density at radius 2 is 1.35 bits per heavy atom. The predicted octanol–water partition coefficient (Wildman–Crippen LogP) is 5.04. The van der Waals surface area contributed by atoms with E-state index in [1.807, 2.05) is 6.07 Å². The minimum atomic E-state index is -4.07. The Labute approximate surface area is 200 Å². The van der Waals surface area contributed by atoms with Crippen LogP contribution in [0.5, 0.6) is 11.5 Å². The first kappa shape index (κ1) is 25.2. The van der Waals surface area contributed by atoms with E-state index >= 15 is 0 Å². The summed E-state index contributed by atoms with van der Waals surface area (Å²) < 4.78 is 53.8. The summed E-state index contributed by atoms with van der Waals surface area (Å²) in [4.78, 5) is -0.176. The van der Waals surface area contributed by atoms with E-state index < -0.39 is 21.3 Å². The van der Waals surface area contributed by atoms with Crippen molar-refractivity contribution in [3.63, 3.8) is 0 Å². The molecule has 3 aromatic carbocycles. The summed E-state index contributed by atoms with van der Waals surface area (Å²) in [5.74, 6) is 0.582. The molecule has 0 N–H and O–H groups in total. The van der Waals surface area contributed by atoms with Crippen LogP contribution in [0.3, 0.4) is 0 Å². The lowest BCUT2D eigenvalue weighted by atomic mass is 9.86. The highest BCUT2D eigenvalue weighted by molar-refractivity contribution is 7.89. The highest BCUT2D eigenvalue weighted by Gasteiger charge is 2.29. The second-order valence-electron chi connectivity index (χ2n) is 8.35. The summed E-state index contributed by atoms with van der Waals surface area (Å²) in [5.41, 5.74) is 0.560. The normalized spacial score (nSPS) is 11.8. The van der Waals surface area contributed by atoms with Gasteiger partial charge in [-0.2, -0.15) is 9.57 Å². The van der Waals surface area contributed by atoms with Gasteiger partial charge in [0, 0.05) is 18.7 Å². The molecular formula is C26H27FN2O4S. The molecule has 0 aliphatic carbocycles. The van der Waals surface area contributed by atoms with Crippen molar-refractivity contribution in [2.45, 2.75) is 37.2 Å². The zero-order valence-corrected chi connectivity index (χ0v) is 20.4. The van der Waals surface area contributed by atoms with Crippen molar-refractivity contribution in [3.05, 3.63) is 89.2 Å². The molecule has 0 heterocycles. The molecule has 0 radical (unpaired) electrons. The lowest BCUT2D eigenvalue weighted by Gasteiger charge is -2.24. The molecule has 0 bridgehead atoms. The second-order valence-corrected chi connectivity index (χ2v) is 10.3. The first-order chi connectivity index (χ1) is 16.1. The van der Waals surface area contributed by atoms with Crippen molar-refractivity contribution in [2.75, 3.05) is 14.2 Å². The smallest absolute Gasteiger partial charge is 0.243 e. The summed E-state index contributed by atoms with van der Waals surface area (Å²) >= 11 is 0. The van der Waals surface area contributed by atoms with E-state index in [9.17, 15) is 18.1 Å². The number of ether oxygens (including phenoxy) is 2. The third-order valence-electron chi connectivity index (χ3n) is 5.57. The fraction of sp³-hybridized carbons (Fsp3) is 0.269. The van der Waals surface area contributed by atoms with Gasteiger partial charge in [0.05, 0.1) is 30.6 Å². The van der Waals surface area contributed by atoms with Crippen molar-refractivity contribution >= 4 is 10.0 Å². The fourth-order valence-electron chi connectivity index (χ4n) is 3.47. The summed E-state index contributed by atoms with van der Waals surface area (Å²) in [5, 5.41) is 9.33. The Morgan fingerprint density at radius 3 is 1.74 bits per heavy atom. The number of hydrogen-bond acceptors (Lipinski definition) is 5. The van der Waals surface area contributed by atoms with Crippen molar-refractivity contribution < 1.29 is 22.3 Å². The molecule has 178 valence electrons. The van der Waals surface area contributed by atoms with Crippen molar-refractivity contribution in [3.8, 4) is 17.6 Å². The zero-order chi connectivity index (χ0) is 24.9. The average Bonchev–Trinajstić information content (AvgIpc) is 2.84. The first-order valence-corrected chi connectivity index (χ1v) is 12.0. The van der Waals surface area contributed by atoms with E-state index in [0.717, 1.165) is 17.2 Å². The average molecular weight is 483 g/mol. The van der Waals surface area contributed by atoms with Crippen LogP contribution < -0.4 is 9.47 Å². The molecule has 8 heteroatoms. The number of hydrogen-bond donors (Lipinski definition) is 0. The molecule has 0 aliphatic heterocycles. The van der Waals surface area contributed by atoms with Crippen molar-refractivity contribution in [1.82, 2.24) is 4.31 Å². The lowest BCUT2D eigenvalue weighted by molar-refractivity contribution is 0.397. The molecule has 0 unspecified atom stereocenters. The monoisotopic (exact) mass is 482 g/mol. The Morgan fingerprint density at radius 1 is 0.882 bits per heavy atom. The minimum absolute atomic E-state index is 0.0748. The van der Waals surface area contributed by atoms with Gasteiger partial charge in [0.15, 0.2) is 0 Å². The van der Waals surface area contributed by atoms with Gasteiger partial charge in [0.2, 0.25) is 10.0 Å². The fourth-order valence-corrected chi connectivity index (χ4v) is 4.90. The molecule has 0 aliphatic rings. The van der Waals surface area contributed by atoms with Gasteiger partial charge in [0.25, 0.3) is 0 Å². The summed E-state index contributed by atoms with van der Waals surface area (Å²) in [6.07, 6.45) is 0. The van der Waals surface area contributed by atoms with Crippen LogP contribution in [0, 0.1) is 17.1 Å². The number of nitriles is 1. The van der Waals surface area contributed by atoms with Crippen molar-refractivity contribution in [2.24, 2.45) is 0 Å². The van der Waals surface area contributed by atoms with Gasteiger partial charge in [-0.1, -0.05) is 30.3 Å². The summed E-state index contributed by atoms with van der Waals surface area (Å²) in [6.45, 7) is 3.31. The van der Waals surface area contributed by atoms with Crippen LogP contribution in [0.1, 0.15) is 30.5 Å². The molecule has 3 aromatic rings.